The molecule has 10 heteroatoms. The Balaban J connectivity index is 2.09. The number of hydrogen-bond donors (Lipinski definition) is 0. The molecular weight excluding hydrogens is 414 g/mol. The number of nitrogens with zero attached hydrogens (tertiary/aromatic N) is 3. The van der Waals surface area contributed by atoms with Crippen molar-refractivity contribution >= 4 is 39.8 Å². The lowest BCUT2D eigenvalue weighted by Gasteiger charge is -2.28. The molecule has 1 aromatic heterocycles. The third-order valence-electron chi connectivity index (χ3n) is 4.44. The van der Waals surface area contributed by atoms with Crippen LogP contribution < -0.4 is 14.4 Å². The molecule has 2 aromatic rings. The van der Waals surface area contributed by atoms with Gasteiger partial charge in [0.05, 0.1) is 19.9 Å². The van der Waals surface area contributed by atoms with Gasteiger partial charge in [-0.1, -0.05) is 0 Å². The van der Waals surface area contributed by atoms with Crippen molar-refractivity contribution in [1.29, 1.82) is 0 Å². The normalized spacial score (nSPS) is 17.0. The van der Waals surface area contributed by atoms with E-state index < -0.39 is 28.8 Å². The Morgan fingerprint density at radius 1 is 1.34 bits per heavy atom. The van der Waals surface area contributed by atoms with Crippen molar-refractivity contribution in [2.24, 2.45) is 0 Å². The number of terminal acetylenes is 1. The molecule has 0 radical (unpaired) electrons. The van der Waals surface area contributed by atoms with Crippen LogP contribution in [-0.4, -0.2) is 58.4 Å². The fourth-order valence-corrected chi connectivity index (χ4v) is 4.40. The van der Waals surface area contributed by atoms with Crippen LogP contribution in [0.15, 0.2) is 23.6 Å². The van der Waals surface area contributed by atoms with Crippen molar-refractivity contribution in [3.05, 3.63) is 34.3 Å². The summed E-state index contributed by atoms with van der Waals surface area (Å²) in [7, 11) is 1.51. The van der Waals surface area contributed by atoms with Crippen LogP contribution in [-0.2, 0) is 15.8 Å². The highest BCUT2D eigenvalue weighted by molar-refractivity contribution is 7.82. The zero-order valence-corrected chi connectivity index (χ0v) is 17.7. The number of carbonyl (C=O) groups excluding carboxylic acids is 2. The Morgan fingerprint density at radius 3 is 2.48 bits per heavy atom. The largest absolute Gasteiger partial charge is 0.497 e. The van der Waals surface area contributed by atoms with Gasteiger partial charge >= 0.3 is 0 Å². The summed E-state index contributed by atoms with van der Waals surface area (Å²) in [6.45, 7) is 0.282. The maximum absolute atomic E-state index is 13.4. The van der Waals surface area contributed by atoms with Crippen LogP contribution in [0.2, 0.25) is 0 Å². The lowest BCUT2D eigenvalue weighted by atomic mass is 10.1. The van der Waals surface area contributed by atoms with Crippen LogP contribution >= 0.6 is 11.3 Å². The molecule has 0 N–H and O–H groups in total. The van der Waals surface area contributed by atoms with Crippen molar-refractivity contribution in [3.63, 3.8) is 0 Å². The Labute approximate surface area is 175 Å². The van der Waals surface area contributed by atoms with Gasteiger partial charge in [0.15, 0.2) is 5.01 Å². The number of carbonyl (C=O) groups is 2. The first kappa shape index (κ1) is 20.8. The molecule has 8 nitrogen and oxygen atoms in total. The van der Waals surface area contributed by atoms with Gasteiger partial charge in [0, 0.05) is 36.4 Å². The lowest BCUT2D eigenvalue weighted by Crippen LogP contribution is -2.46. The van der Waals surface area contributed by atoms with Crippen molar-refractivity contribution in [2.45, 2.75) is 12.5 Å². The Kier molecular flexibility index (Phi) is 6.20. The van der Waals surface area contributed by atoms with Crippen LogP contribution in [0.3, 0.4) is 0 Å². The number of methoxy groups -OCH3 is 2. The van der Waals surface area contributed by atoms with E-state index in [0.717, 1.165) is 0 Å². The minimum Gasteiger partial charge on any atom is -0.497 e. The molecule has 1 fully saturated rings. The van der Waals surface area contributed by atoms with E-state index in [1.54, 1.807) is 23.6 Å². The predicted molar refractivity (Wildman–Crippen MR) is 111 cm³/mol. The van der Waals surface area contributed by atoms with E-state index in [-0.39, 0.29) is 12.2 Å². The lowest BCUT2D eigenvalue weighted by molar-refractivity contribution is -0.124. The molecule has 2 heterocycles. The van der Waals surface area contributed by atoms with E-state index in [4.69, 9.17) is 15.9 Å². The summed E-state index contributed by atoms with van der Waals surface area (Å²) in [5, 5.41) is 1.92. The molecule has 0 spiro atoms. The molecule has 0 bridgehead atoms. The van der Waals surface area contributed by atoms with E-state index in [1.165, 1.54) is 41.0 Å². The zero-order valence-electron chi connectivity index (χ0n) is 16.1. The standard InChI is InChI=1S/C19H19N3O5S2/c1-5-17-20-15(11-28-17)18(23)22(16-6-7-21(19(16)24)29(4)25)12-8-13(26-2)10-14(9-12)27-3/h1,8-11,16H,6-7H2,2-4H3. The summed E-state index contributed by atoms with van der Waals surface area (Å²) in [4.78, 5) is 31.7. The SMILES string of the molecule is C#Cc1nc(C(=O)N(c2cc(OC)cc(OC)c2)C2CCN(S(C)=O)C2=O)cs1. The first-order valence-corrected chi connectivity index (χ1v) is 10.9. The third kappa shape index (κ3) is 4.11. The fraction of sp³-hybridized carbons (Fsp3) is 0.316. The fourth-order valence-electron chi connectivity index (χ4n) is 3.07. The molecule has 2 unspecified atom stereocenters. The molecule has 1 aliphatic heterocycles. The zero-order chi connectivity index (χ0) is 21.1. The summed E-state index contributed by atoms with van der Waals surface area (Å²) in [5.41, 5.74) is 0.539. The molecule has 2 amide bonds. The summed E-state index contributed by atoms with van der Waals surface area (Å²) in [6.07, 6.45) is 7.13. The van der Waals surface area contributed by atoms with Crippen LogP contribution in [0.25, 0.3) is 0 Å². The Bertz CT molecular complexity index is 991. The van der Waals surface area contributed by atoms with Crippen LogP contribution in [0.1, 0.15) is 21.9 Å². The van der Waals surface area contributed by atoms with Gasteiger partial charge in [-0.05, 0) is 12.3 Å². The van der Waals surface area contributed by atoms with Crippen LogP contribution in [0.4, 0.5) is 5.69 Å². The third-order valence-corrected chi connectivity index (χ3v) is 6.20. The number of rotatable bonds is 6. The molecule has 2 atom stereocenters. The van der Waals surface area contributed by atoms with Gasteiger partial charge in [-0.3, -0.25) is 18.8 Å². The predicted octanol–water partition coefficient (Wildman–Crippen LogP) is 1.68. The second kappa shape index (κ2) is 8.63. The monoisotopic (exact) mass is 433 g/mol. The number of benzene rings is 1. The topological polar surface area (TPSA) is 89.0 Å². The van der Waals surface area contributed by atoms with Crippen molar-refractivity contribution in [3.8, 4) is 23.8 Å². The summed E-state index contributed by atoms with van der Waals surface area (Å²) in [5.74, 6) is 2.44. The highest BCUT2D eigenvalue weighted by Crippen LogP contribution is 2.33. The molecule has 1 aliphatic rings. The van der Waals surface area contributed by atoms with Gasteiger partial charge in [-0.2, -0.15) is 0 Å². The summed E-state index contributed by atoms with van der Waals surface area (Å²) in [6, 6.07) is 4.09. The molecule has 0 saturated carbocycles. The second-order valence-corrected chi connectivity index (χ2v) is 8.24. The average Bonchev–Trinajstić information content (AvgIpc) is 3.35. The molecule has 3 rings (SSSR count). The summed E-state index contributed by atoms with van der Waals surface area (Å²) >= 11 is 1.17. The van der Waals surface area contributed by atoms with E-state index in [2.05, 4.69) is 10.9 Å². The number of anilines is 1. The number of amides is 2. The van der Waals surface area contributed by atoms with E-state index in [0.29, 0.717) is 28.6 Å². The number of thiazole rings is 1. The van der Waals surface area contributed by atoms with Gasteiger partial charge in [-0.25, -0.2) is 9.19 Å². The molecule has 152 valence electrons. The van der Waals surface area contributed by atoms with E-state index in [1.807, 2.05) is 0 Å². The minimum atomic E-state index is -1.48. The van der Waals surface area contributed by atoms with Gasteiger partial charge in [-0.15, -0.1) is 17.8 Å². The molecule has 1 aromatic carbocycles. The summed E-state index contributed by atoms with van der Waals surface area (Å²) < 4.78 is 23.7. The highest BCUT2D eigenvalue weighted by Gasteiger charge is 2.41. The maximum Gasteiger partial charge on any atom is 0.278 e. The second-order valence-electron chi connectivity index (χ2n) is 6.10. The van der Waals surface area contributed by atoms with Crippen molar-refractivity contribution in [2.75, 3.05) is 31.9 Å². The van der Waals surface area contributed by atoms with Gasteiger partial charge in [0.2, 0.25) is 0 Å². The average molecular weight is 434 g/mol. The molecule has 29 heavy (non-hydrogen) atoms. The number of ether oxygens (including phenoxy) is 2. The number of aromatic nitrogens is 1. The Hall–Kier alpha value is -2.90. The highest BCUT2D eigenvalue weighted by atomic mass is 32.2. The quantitative estimate of drug-likeness (QED) is 0.644. The van der Waals surface area contributed by atoms with E-state index >= 15 is 0 Å². The first-order valence-electron chi connectivity index (χ1n) is 8.53. The van der Waals surface area contributed by atoms with Crippen LogP contribution in [0, 0.1) is 12.3 Å². The number of hydrogen-bond acceptors (Lipinski definition) is 7. The van der Waals surface area contributed by atoms with Crippen molar-refractivity contribution < 1.29 is 23.3 Å². The maximum atomic E-state index is 13.4. The molecule has 0 aliphatic carbocycles. The van der Waals surface area contributed by atoms with Gasteiger partial charge in [0.1, 0.15) is 34.2 Å². The van der Waals surface area contributed by atoms with Gasteiger partial charge in [0.25, 0.3) is 11.8 Å². The molecule has 1 saturated heterocycles. The Morgan fingerprint density at radius 2 is 2.00 bits per heavy atom. The minimum absolute atomic E-state index is 0.133. The van der Waals surface area contributed by atoms with E-state index in [9.17, 15) is 13.8 Å². The molecular formula is C19H19N3O5S2. The first-order chi connectivity index (χ1) is 13.9. The van der Waals surface area contributed by atoms with Crippen LogP contribution in [0.5, 0.6) is 11.5 Å². The van der Waals surface area contributed by atoms with Gasteiger partial charge < -0.3 is 9.47 Å². The van der Waals surface area contributed by atoms with Crippen molar-refractivity contribution in [1.82, 2.24) is 9.29 Å². The smallest absolute Gasteiger partial charge is 0.278 e.